The Hall–Kier alpha value is -1.01. The minimum Gasteiger partial charge on any atom is -0.355 e. The van der Waals surface area contributed by atoms with Crippen LogP contribution in [-0.2, 0) is 0 Å². The summed E-state index contributed by atoms with van der Waals surface area (Å²) in [4.78, 5) is 16.6. The summed E-state index contributed by atoms with van der Waals surface area (Å²) in [6.45, 7) is 7.06. The number of hydrogen-bond donors (Lipinski definition) is 0. The fourth-order valence-electron chi connectivity index (χ4n) is 3.83. The molecular formula is C16H25N5S. The average Bonchev–Trinajstić information content (AvgIpc) is 3.27. The zero-order valence-corrected chi connectivity index (χ0v) is 14.0. The van der Waals surface area contributed by atoms with Gasteiger partial charge in [-0.05, 0) is 32.4 Å². The maximum atomic E-state index is 4.54. The largest absolute Gasteiger partial charge is 0.355 e. The van der Waals surface area contributed by atoms with Gasteiger partial charge in [0.25, 0.3) is 0 Å². The molecule has 5 nitrogen and oxygen atoms in total. The van der Waals surface area contributed by atoms with E-state index in [9.17, 15) is 0 Å². The standard InChI is InChI=1S/C16H25N5S/c1-2-5-19(4-1)14-3-6-21(12-14)16-11-15(17-13-18-16)20-7-9-22-10-8-20/h11,13-14H,1-10,12H2. The van der Waals surface area contributed by atoms with Crippen LogP contribution in [0.15, 0.2) is 12.4 Å². The highest BCUT2D eigenvalue weighted by atomic mass is 32.2. The first-order chi connectivity index (χ1) is 10.9. The third-order valence-electron chi connectivity index (χ3n) is 5.12. The molecule has 1 unspecified atom stereocenters. The van der Waals surface area contributed by atoms with Gasteiger partial charge in [-0.25, -0.2) is 9.97 Å². The molecule has 3 aliphatic heterocycles. The summed E-state index contributed by atoms with van der Waals surface area (Å²) in [6, 6.07) is 2.93. The lowest BCUT2D eigenvalue weighted by Gasteiger charge is -2.28. The van der Waals surface area contributed by atoms with Crippen LogP contribution in [0.2, 0.25) is 0 Å². The molecular weight excluding hydrogens is 294 g/mol. The molecule has 0 spiro atoms. The van der Waals surface area contributed by atoms with Crippen molar-refractivity contribution in [1.29, 1.82) is 0 Å². The molecule has 3 fully saturated rings. The highest BCUT2D eigenvalue weighted by Crippen LogP contribution is 2.26. The Morgan fingerprint density at radius 3 is 2.41 bits per heavy atom. The average molecular weight is 319 g/mol. The molecule has 3 aliphatic rings. The second-order valence-corrected chi connectivity index (χ2v) is 7.69. The van der Waals surface area contributed by atoms with Crippen LogP contribution in [0.3, 0.4) is 0 Å². The van der Waals surface area contributed by atoms with E-state index < -0.39 is 0 Å². The monoisotopic (exact) mass is 319 g/mol. The Morgan fingerprint density at radius 1 is 0.909 bits per heavy atom. The summed E-state index contributed by atoms with van der Waals surface area (Å²) in [5.74, 6) is 4.64. The van der Waals surface area contributed by atoms with Gasteiger partial charge in [0.05, 0.1) is 0 Å². The van der Waals surface area contributed by atoms with Crippen LogP contribution in [0.4, 0.5) is 11.6 Å². The number of likely N-dealkylation sites (tertiary alicyclic amines) is 1. The third-order valence-corrected chi connectivity index (χ3v) is 6.06. The van der Waals surface area contributed by atoms with Crippen LogP contribution < -0.4 is 9.80 Å². The predicted octanol–water partition coefficient (Wildman–Crippen LogP) is 1.70. The summed E-state index contributed by atoms with van der Waals surface area (Å²) in [6.07, 6.45) is 5.78. The van der Waals surface area contributed by atoms with Crippen molar-refractivity contribution in [3.63, 3.8) is 0 Å². The van der Waals surface area contributed by atoms with Crippen LogP contribution in [-0.4, -0.2) is 71.7 Å². The van der Waals surface area contributed by atoms with Gasteiger partial charge in [-0.2, -0.15) is 11.8 Å². The first-order valence-corrected chi connectivity index (χ1v) is 9.69. The zero-order chi connectivity index (χ0) is 14.8. The van der Waals surface area contributed by atoms with Gasteiger partial charge in [0.15, 0.2) is 0 Å². The molecule has 1 aromatic heterocycles. The highest BCUT2D eigenvalue weighted by molar-refractivity contribution is 7.99. The Labute approximate surface area is 137 Å². The maximum absolute atomic E-state index is 4.54. The van der Waals surface area contributed by atoms with Gasteiger partial charge < -0.3 is 9.80 Å². The van der Waals surface area contributed by atoms with E-state index in [4.69, 9.17) is 0 Å². The number of anilines is 2. The molecule has 1 aromatic rings. The van der Waals surface area contributed by atoms with Gasteiger partial charge >= 0.3 is 0 Å². The van der Waals surface area contributed by atoms with E-state index in [1.165, 1.54) is 43.9 Å². The molecule has 0 radical (unpaired) electrons. The van der Waals surface area contributed by atoms with Gasteiger partial charge in [-0.15, -0.1) is 0 Å². The SMILES string of the molecule is c1nc(N2CCSCC2)cc(N2CCC(N3CCCC3)C2)n1. The summed E-state index contributed by atoms with van der Waals surface area (Å²) in [5.41, 5.74) is 0. The molecule has 0 bridgehead atoms. The van der Waals surface area contributed by atoms with Crippen LogP contribution >= 0.6 is 11.8 Å². The van der Waals surface area contributed by atoms with E-state index in [0.29, 0.717) is 0 Å². The number of rotatable bonds is 3. The number of thioether (sulfide) groups is 1. The van der Waals surface area contributed by atoms with Gasteiger partial charge in [-0.1, -0.05) is 0 Å². The van der Waals surface area contributed by atoms with Crippen LogP contribution in [0.1, 0.15) is 19.3 Å². The summed E-state index contributed by atoms with van der Waals surface area (Å²) >= 11 is 2.04. The minimum absolute atomic E-state index is 0.729. The molecule has 0 amide bonds. The van der Waals surface area contributed by atoms with Crippen molar-refractivity contribution in [1.82, 2.24) is 14.9 Å². The van der Waals surface area contributed by atoms with Crippen molar-refractivity contribution >= 4 is 23.4 Å². The van der Waals surface area contributed by atoms with Gasteiger partial charge in [-0.3, -0.25) is 4.90 Å². The first-order valence-electron chi connectivity index (χ1n) is 8.54. The molecule has 4 heterocycles. The highest BCUT2D eigenvalue weighted by Gasteiger charge is 2.30. The molecule has 120 valence electrons. The molecule has 0 saturated carbocycles. The molecule has 3 saturated heterocycles. The van der Waals surface area contributed by atoms with Crippen LogP contribution in [0.25, 0.3) is 0 Å². The van der Waals surface area contributed by atoms with E-state index in [1.54, 1.807) is 6.33 Å². The van der Waals surface area contributed by atoms with E-state index in [1.807, 2.05) is 11.8 Å². The van der Waals surface area contributed by atoms with Crippen molar-refractivity contribution < 1.29 is 0 Å². The Bertz CT molecular complexity index is 499. The van der Waals surface area contributed by atoms with Crippen LogP contribution in [0, 0.1) is 0 Å². The second-order valence-electron chi connectivity index (χ2n) is 6.47. The smallest absolute Gasteiger partial charge is 0.134 e. The zero-order valence-electron chi connectivity index (χ0n) is 13.2. The van der Waals surface area contributed by atoms with Crippen molar-refractivity contribution in [2.24, 2.45) is 0 Å². The lowest BCUT2D eigenvalue weighted by Crippen LogP contribution is -2.36. The van der Waals surface area contributed by atoms with E-state index in [2.05, 4.69) is 30.7 Å². The normalized spacial score (nSPS) is 26.8. The molecule has 0 N–H and O–H groups in total. The summed E-state index contributed by atoms with van der Waals surface area (Å²) < 4.78 is 0. The fraction of sp³-hybridized carbons (Fsp3) is 0.750. The van der Waals surface area contributed by atoms with Gasteiger partial charge in [0.2, 0.25) is 0 Å². The van der Waals surface area contributed by atoms with E-state index >= 15 is 0 Å². The van der Waals surface area contributed by atoms with E-state index in [-0.39, 0.29) is 0 Å². The van der Waals surface area contributed by atoms with Crippen molar-refractivity contribution in [3.8, 4) is 0 Å². The molecule has 1 atom stereocenters. The lowest BCUT2D eigenvalue weighted by molar-refractivity contribution is 0.260. The number of aromatic nitrogens is 2. The summed E-state index contributed by atoms with van der Waals surface area (Å²) in [7, 11) is 0. The number of hydrogen-bond acceptors (Lipinski definition) is 6. The number of nitrogens with zero attached hydrogens (tertiary/aromatic N) is 5. The summed E-state index contributed by atoms with van der Waals surface area (Å²) in [5, 5.41) is 0. The Morgan fingerprint density at radius 2 is 1.64 bits per heavy atom. The van der Waals surface area contributed by atoms with Gasteiger partial charge in [0.1, 0.15) is 18.0 Å². The maximum Gasteiger partial charge on any atom is 0.134 e. The Balaban J connectivity index is 1.44. The first kappa shape index (κ1) is 14.6. The van der Waals surface area contributed by atoms with Crippen molar-refractivity contribution in [2.45, 2.75) is 25.3 Å². The molecule has 4 rings (SSSR count). The molecule has 0 aromatic carbocycles. The Kier molecular flexibility index (Phi) is 4.39. The van der Waals surface area contributed by atoms with Crippen molar-refractivity contribution in [3.05, 3.63) is 12.4 Å². The third kappa shape index (κ3) is 3.04. The fourth-order valence-corrected chi connectivity index (χ4v) is 4.73. The van der Waals surface area contributed by atoms with Gasteiger partial charge in [0, 0.05) is 49.8 Å². The molecule has 6 heteroatoms. The predicted molar refractivity (Wildman–Crippen MR) is 93.0 cm³/mol. The van der Waals surface area contributed by atoms with Crippen molar-refractivity contribution in [2.75, 3.05) is 60.6 Å². The van der Waals surface area contributed by atoms with Crippen LogP contribution in [0.5, 0.6) is 0 Å². The second kappa shape index (κ2) is 6.62. The molecule has 0 aliphatic carbocycles. The molecule has 22 heavy (non-hydrogen) atoms. The topological polar surface area (TPSA) is 35.5 Å². The lowest BCUT2D eigenvalue weighted by atomic mass is 10.2. The quantitative estimate of drug-likeness (QED) is 0.844. The van der Waals surface area contributed by atoms with E-state index in [0.717, 1.165) is 43.9 Å². The minimum atomic E-state index is 0.729.